The first kappa shape index (κ1) is 24.4. The largest absolute Gasteiger partial charge is 0.504 e. The number of fused-ring (bicyclic) bond motifs is 1. The van der Waals surface area contributed by atoms with Crippen molar-refractivity contribution in [3.8, 4) is 45.8 Å². The van der Waals surface area contributed by atoms with Crippen LogP contribution in [0.2, 0.25) is 0 Å². The number of benzene rings is 2. The highest BCUT2D eigenvalue weighted by atomic mass is 16.7. The Hall–Kier alpha value is -3.75. The molecule has 5 unspecified atom stereocenters. The minimum atomic E-state index is -1.82. The van der Waals surface area contributed by atoms with Crippen molar-refractivity contribution in [1.82, 2.24) is 0 Å². The van der Waals surface area contributed by atoms with Crippen molar-refractivity contribution in [2.45, 2.75) is 30.7 Å². The molecule has 13 nitrogen and oxygen atoms in total. The molecule has 188 valence electrons. The maximum absolute atomic E-state index is 12.8. The van der Waals surface area contributed by atoms with Crippen LogP contribution in [0.1, 0.15) is 0 Å². The molecular formula is C22H22O13. The summed E-state index contributed by atoms with van der Waals surface area (Å²) in [5.74, 6) is -3.99. The van der Waals surface area contributed by atoms with E-state index in [0.717, 1.165) is 6.07 Å². The number of aromatic hydroxyl groups is 4. The summed E-state index contributed by atoms with van der Waals surface area (Å²) in [6, 6.07) is 4.81. The van der Waals surface area contributed by atoms with Crippen molar-refractivity contribution in [3.63, 3.8) is 0 Å². The fourth-order valence-electron chi connectivity index (χ4n) is 3.69. The number of phenols is 3. The molecule has 0 bridgehead atoms. The van der Waals surface area contributed by atoms with Gasteiger partial charge in [-0.1, -0.05) is 0 Å². The zero-order chi connectivity index (χ0) is 25.6. The van der Waals surface area contributed by atoms with Gasteiger partial charge in [0.05, 0.1) is 13.7 Å². The molecule has 2 heterocycles. The molecule has 1 saturated heterocycles. The molecule has 1 aromatic heterocycles. The Morgan fingerprint density at radius 2 is 1.63 bits per heavy atom. The Balaban J connectivity index is 1.82. The summed E-state index contributed by atoms with van der Waals surface area (Å²) < 4.78 is 21.2. The lowest BCUT2D eigenvalue weighted by Gasteiger charge is -2.39. The summed E-state index contributed by atoms with van der Waals surface area (Å²) in [7, 11) is 1.29. The average Bonchev–Trinajstić information content (AvgIpc) is 2.84. The second-order valence-corrected chi connectivity index (χ2v) is 7.76. The minimum absolute atomic E-state index is 0.0184. The number of methoxy groups -OCH3 is 1. The molecule has 2 aromatic carbocycles. The van der Waals surface area contributed by atoms with Crippen LogP contribution in [-0.2, 0) is 4.74 Å². The molecule has 13 heteroatoms. The summed E-state index contributed by atoms with van der Waals surface area (Å²) >= 11 is 0. The van der Waals surface area contributed by atoms with E-state index in [2.05, 4.69) is 0 Å². The molecule has 0 saturated carbocycles. The van der Waals surface area contributed by atoms with Crippen molar-refractivity contribution in [2.75, 3.05) is 13.7 Å². The Morgan fingerprint density at radius 1 is 0.914 bits per heavy atom. The van der Waals surface area contributed by atoms with E-state index in [9.17, 15) is 45.6 Å². The van der Waals surface area contributed by atoms with E-state index < -0.39 is 71.1 Å². The molecule has 1 fully saturated rings. The van der Waals surface area contributed by atoms with Gasteiger partial charge in [0.25, 0.3) is 0 Å². The third-order valence-electron chi connectivity index (χ3n) is 5.61. The normalized spacial score (nSPS) is 24.4. The molecule has 4 rings (SSSR count). The topological polar surface area (TPSA) is 220 Å². The van der Waals surface area contributed by atoms with E-state index in [0.29, 0.717) is 0 Å². The first-order valence-electron chi connectivity index (χ1n) is 10.2. The third kappa shape index (κ3) is 4.05. The molecule has 0 spiro atoms. The van der Waals surface area contributed by atoms with Crippen LogP contribution in [0.5, 0.6) is 34.5 Å². The summed E-state index contributed by atoms with van der Waals surface area (Å²) in [6.45, 7) is -0.729. The van der Waals surface area contributed by atoms with Crippen LogP contribution < -0.4 is 14.9 Å². The van der Waals surface area contributed by atoms with E-state index in [-0.39, 0.29) is 28.4 Å². The Bertz CT molecular complexity index is 1320. The molecule has 0 amide bonds. The van der Waals surface area contributed by atoms with Gasteiger partial charge in [-0.15, -0.1) is 0 Å². The maximum Gasteiger partial charge on any atom is 0.238 e. The predicted octanol–water partition coefficient (Wildman–Crippen LogP) is -0.530. The van der Waals surface area contributed by atoms with Gasteiger partial charge in [-0.2, -0.15) is 0 Å². The van der Waals surface area contributed by atoms with Crippen LogP contribution in [0, 0.1) is 0 Å². The Kier molecular flexibility index (Phi) is 6.36. The predicted molar refractivity (Wildman–Crippen MR) is 116 cm³/mol. The molecule has 8 N–H and O–H groups in total. The number of aliphatic hydroxyl groups excluding tert-OH is 4. The van der Waals surface area contributed by atoms with Gasteiger partial charge in [-0.25, -0.2) is 0 Å². The summed E-state index contributed by atoms with van der Waals surface area (Å²) in [4.78, 5) is 12.8. The number of rotatable bonds is 5. The highest BCUT2D eigenvalue weighted by Crippen LogP contribution is 2.44. The Morgan fingerprint density at radius 3 is 2.29 bits per heavy atom. The van der Waals surface area contributed by atoms with Crippen LogP contribution in [0.3, 0.4) is 0 Å². The molecule has 1 aliphatic rings. The SMILES string of the molecule is COc1cc(-c2oc3cc(OC4OC(CO)C(O)C(O)C4O)c(O)c(O)c3c(=O)c2O)ccc1O. The number of ether oxygens (including phenoxy) is 3. The minimum Gasteiger partial charge on any atom is -0.504 e. The van der Waals surface area contributed by atoms with E-state index >= 15 is 0 Å². The monoisotopic (exact) mass is 494 g/mol. The van der Waals surface area contributed by atoms with E-state index in [4.69, 9.17) is 18.6 Å². The van der Waals surface area contributed by atoms with Gasteiger partial charge in [0.1, 0.15) is 35.4 Å². The fraction of sp³-hybridized carbons (Fsp3) is 0.318. The van der Waals surface area contributed by atoms with Crippen LogP contribution in [0.4, 0.5) is 0 Å². The van der Waals surface area contributed by atoms with Gasteiger partial charge in [-0.3, -0.25) is 4.79 Å². The van der Waals surface area contributed by atoms with E-state index in [1.54, 1.807) is 0 Å². The lowest BCUT2D eigenvalue weighted by molar-refractivity contribution is -0.277. The quantitative estimate of drug-likeness (QED) is 0.209. The number of phenolic OH excluding ortho intramolecular Hbond substituents is 3. The molecular weight excluding hydrogens is 472 g/mol. The van der Waals surface area contributed by atoms with E-state index in [1.807, 2.05) is 0 Å². The van der Waals surface area contributed by atoms with Crippen molar-refractivity contribution in [3.05, 3.63) is 34.5 Å². The van der Waals surface area contributed by atoms with Gasteiger partial charge in [0.15, 0.2) is 28.8 Å². The molecule has 3 aromatic rings. The highest BCUT2D eigenvalue weighted by molar-refractivity contribution is 5.91. The average molecular weight is 494 g/mol. The van der Waals surface area contributed by atoms with Gasteiger partial charge >= 0.3 is 0 Å². The van der Waals surface area contributed by atoms with Crippen molar-refractivity contribution in [2.24, 2.45) is 0 Å². The highest BCUT2D eigenvalue weighted by Gasteiger charge is 2.45. The van der Waals surface area contributed by atoms with Crippen LogP contribution in [0.25, 0.3) is 22.3 Å². The zero-order valence-electron chi connectivity index (χ0n) is 18.0. The van der Waals surface area contributed by atoms with Crippen molar-refractivity contribution >= 4 is 11.0 Å². The molecule has 0 aliphatic carbocycles. The zero-order valence-corrected chi connectivity index (χ0v) is 18.0. The molecule has 5 atom stereocenters. The van der Waals surface area contributed by atoms with Crippen molar-refractivity contribution in [1.29, 1.82) is 0 Å². The number of aliphatic hydroxyl groups is 4. The Labute approximate surface area is 195 Å². The van der Waals surface area contributed by atoms with Gasteiger partial charge in [0.2, 0.25) is 23.2 Å². The van der Waals surface area contributed by atoms with Gasteiger partial charge in [0, 0.05) is 11.6 Å². The summed E-state index contributed by atoms with van der Waals surface area (Å²) in [5.41, 5.74) is -1.33. The molecule has 1 aliphatic heterocycles. The third-order valence-corrected chi connectivity index (χ3v) is 5.61. The van der Waals surface area contributed by atoms with Gasteiger partial charge in [-0.05, 0) is 18.2 Å². The van der Waals surface area contributed by atoms with Crippen LogP contribution >= 0.6 is 0 Å². The van der Waals surface area contributed by atoms with E-state index in [1.165, 1.54) is 25.3 Å². The van der Waals surface area contributed by atoms with Gasteiger partial charge < -0.3 is 59.5 Å². The second kappa shape index (κ2) is 9.13. The van der Waals surface area contributed by atoms with Crippen molar-refractivity contribution < 1.29 is 59.5 Å². The smallest absolute Gasteiger partial charge is 0.238 e. The van der Waals surface area contributed by atoms with Crippen LogP contribution in [-0.4, -0.2) is 85.3 Å². The first-order chi connectivity index (χ1) is 16.6. The number of hydrogen-bond acceptors (Lipinski definition) is 13. The fourth-order valence-corrected chi connectivity index (χ4v) is 3.69. The maximum atomic E-state index is 12.8. The summed E-state index contributed by atoms with van der Waals surface area (Å²) in [6.07, 6.45) is -8.26. The second-order valence-electron chi connectivity index (χ2n) is 7.76. The molecule has 0 radical (unpaired) electrons. The standard InChI is InChI=1S/C22H22O13/c1-32-9-4-7(2-3-8(9)24)21-19(30)17(28)13-10(33-21)5-11(14(25)16(13)27)34-22-20(31)18(29)15(26)12(6-23)35-22/h2-5,12,15,18,20,22-27,29-31H,6H2,1H3. The lowest BCUT2D eigenvalue weighted by Crippen LogP contribution is -2.60. The summed E-state index contributed by atoms with van der Waals surface area (Å²) in [5, 5.41) is 79.7. The lowest BCUT2D eigenvalue weighted by atomic mass is 9.99. The number of hydrogen-bond donors (Lipinski definition) is 8. The van der Waals surface area contributed by atoms with Crippen LogP contribution in [0.15, 0.2) is 33.5 Å². The molecule has 35 heavy (non-hydrogen) atoms. The first-order valence-corrected chi connectivity index (χ1v) is 10.2.